The normalized spacial score (nSPS) is 13.5. The van der Waals surface area contributed by atoms with Crippen molar-refractivity contribution in [2.75, 3.05) is 36.9 Å². The number of nitrogens with two attached hydrogens (primary N) is 1. The second kappa shape index (κ2) is 7.27. The van der Waals surface area contributed by atoms with Crippen LogP contribution in [0.1, 0.15) is 18.9 Å². The molecular weight excluding hydrogens is 288 g/mol. The highest BCUT2D eigenvalue weighted by Gasteiger charge is 2.18. The van der Waals surface area contributed by atoms with Crippen molar-refractivity contribution in [3.8, 4) is 11.5 Å². The van der Waals surface area contributed by atoms with Gasteiger partial charge in [-0.15, -0.1) is 0 Å². The zero-order chi connectivity index (χ0) is 16.1. The fraction of sp³-hybridized carbons (Fsp3) is 0.368. The molecule has 0 spiro atoms. The van der Waals surface area contributed by atoms with Crippen LogP contribution in [0.5, 0.6) is 11.5 Å². The molecule has 0 amide bonds. The van der Waals surface area contributed by atoms with Gasteiger partial charge in [0.15, 0.2) is 11.5 Å². The van der Waals surface area contributed by atoms with Crippen molar-refractivity contribution in [1.29, 1.82) is 0 Å². The Kier molecular flexibility index (Phi) is 4.91. The molecule has 0 radical (unpaired) electrons. The highest BCUT2D eigenvalue weighted by molar-refractivity contribution is 5.66. The minimum absolute atomic E-state index is 0.623. The summed E-state index contributed by atoms with van der Waals surface area (Å²) in [5, 5.41) is 0. The standard InChI is InChI=1S/C19H24N2O2/c1-2-22-18-10-3-4-11-19(18)23-14-13-21-12-6-7-15-16(20)8-5-9-17(15)21/h3-5,8-11H,2,6-7,12-14,20H2,1H3. The quantitative estimate of drug-likeness (QED) is 0.829. The van der Waals surface area contributed by atoms with Gasteiger partial charge in [-0.2, -0.15) is 0 Å². The van der Waals surface area contributed by atoms with Crippen molar-refractivity contribution in [2.24, 2.45) is 0 Å². The van der Waals surface area contributed by atoms with E-state index in [1.165, 1.54) is 11.3 Å². The Bertz CT molecular complexity index is 658. The molecule has 23 heavy (non-hydrogen) atoms. The Morgan fingerprint density at radius 3 is 2.61 bits per heavy atom. The first-order chi connectivity index (χ1) is 11.3. The van der Waals surface area contributed by atoms with Gasteiger partial charge in [0, 0.05) is 17.9 Å². The van der Waals surface area contributed by atoms with E-state index in [2.05, 4.69) is 11.0 Å². The van der Waals surface area contributed by atoms with Crippen LogP contribution in [0.3, 0.4) is 0 Å². The van der Waals surface area contributed by atoms with Gasteiger partial charge in [-0.05, 0) is 49.6 Å². The number of benzene rings is 2. The molecule has 0 unspecified atom stereocenters. The number of ether oxygens (including phenoxy) is 2. The van der Waals surface area contributed by atoms with Gasteiger partial charge in [-0.1, -0.05) is 18.2 Å². The lowest BCUT2D eigenvalue weighted by molar-refractivity contribution is 0.280. The molecule has 4 nitrogen and oxygen atoms in total. The summed E-state index contributed by atoms with van der Waals surface area (Å²) in [7, 11) is 0. The van der Waals surface area contributed by atoms with E-state index < -0.39 is 0 Å². The molecule has 1 heterocycles. The molecule has 0 saturated heterocycles. The Morgan fingerprint density at radius 2 is 1.83 bits per heavy atom. The first-order valence-corrected chi connectivity index (χ1v) is 8.26. The van der Waals surface area contributed by atoms with E-state index in [0.29, 0.717) is 13.2 Å². The fourth-order valence-electron chi connectivity index (χ4n) is 3.07. The summed E-state index contributed by atoms with van der Waals surface area (Å²) in [6.07, 6.45) is 2.20. The lowest BCUT2D eigenvalue weighted by Gasteiger charge is -2.32. The average molecular weight is 312 g/mol. The summed E-state index contributed by atoms with van der Waals surface area (Å²) in [6, 6.07) is 14.0. The second-order valence-corrected chi connectivity index (χ2v) is 5.66. The van der Waals surface area contributed by atoms with Crippen LogP contribution in [-0.4, -0.2) is 26.3 Å². The minimum atomic E-state index is 0.623. The first kappa shape index (κ1) is 15.5. The maximum Gasteiger partial charge on any atom is 0.161 e. The van der Waals surface area contributed by atoms with E-state index in [1.807, 2.05) is 43.3 Å². The Hall–Kier alpha value is -2.36. The highest BCUT2D eigenvalue weighted by atomic mass is 16.5. The zero-order valence-electron chi connectivity index (χ0n) is 13.6. The summed E-state index contributed by atoms with van der Waals surface area (Å²) in [6.45, 7) is 5.13. The SMILES string of the molecule is CCOc1ccccc1OCCN1CCCc2c(N)cccc21. The molecule has 0 aromatic heterocycles. The van der Waals surface area contributed by atoms with Crippen LogP contribution in [0.15, 0.2) is 42.5 Å². The van der Waals surface area contributed by atoms with Crippen molar-refractivity contribution in [1.82, 2.24) is 0 Å². The van der Waals surface area contributed by atoms with Crippen LogP contribution in [0.2, 0.25) is 0 Å². The lowest BCUT2D eigenvalue weighted by atomic mass is 10.00. The van der Waals surface area contributed by atoms with Crippen molar-refractivity contribution >= 4 is 11.4 Å². The average Bonchev–Trinajstić information content (AvgIpc) is 2.57. The van der Waals surface area contributed by atoms with Gasteiger partial charge < -0.3 is 20.1 Å². The van der Waals surface area contributed by atoms with Gasteiger partial charge in [0.1, 0.15) is 6.61 Å². The number of hydrogen-bond acceptors (Lipinski definition) is 4. The molecule has 4 heteroatoms. The van der Waals surface area contributed by atoms with E-state index in [1.54, 1.807) is 0 Å². The van der Waals surface area contributed by atoms with E-state index in [4.69, 9.17) is 15.2 Å². The van der Waals surface area contributed by atoms with Crippen molar-refractivity contribution in [3.63, 3.8) is 0 Å². The number of nitrogen functional groups attached to an aromatic ring is 1. The Morgan fingerprint density at radius 1 is 1.04 bits per heavy atom. The number of para-hydroxylation sites is 2. The largest absolute Gasteiger partial charge is 0.490 e. The minimum Gasteiger partial charge on any atom is -0.490 e. The van der Waals surface area contributed by atoms with Crippen LogP contribution in [0.25, 0.3) is 0 Å². The number of hydrogen-bond donors (Lipinski definition) is 1. The zero-order valence-corrected chi connectivity index (χ0v) is 13.6. The summed E-state index contributed by atoms with van der Waals surface area (Å²) >= 11 is 0. The van der Waals surface area contributed by atoms with Gasteiger partial charge in [0.05, 0.1) is 13.2 Å². The molecule has 1 aliphatic heterocycles. The predicted octanol–water partition coefficient (Wildman–Crippen LogP) is 3.50. The lowest BCUT2D eigenvalue weighted by Crippen LogP contribution is -2.33. The van der Waals surface area contributed by atoms with E-state index >= 15 is 0 Å². The van der Waals surface area contributed by atoms with Gasteiger partial charge in [0.2, 0.25) is 0 Å². The van der Waals surface area contributed by atoms with Crippen LogP contribution < -0.4 is 20.1 Å². The molecule has 3 rings (SSSR count). The third-order valence-corrected chi connectivity index (χ3v) is 4.15. The molecule has 0 atom stereocenters. The molecule has 2 aromatic carbocycles. The number of rotatable bonds is 6. The molecule has 0 bridgehead atoms. The summed E-state index contributed by atoms with van der Waals surface area (Å²) in [5.74, 6) is 1.61. The summed E-state index contributed by atoms with van der Waals surface area (Å²) < 4.78 is 11.5. The molecule has 1 aliphatic rings. The van der Waals surface area contributed by atoms with Gasteiger partial charge >= 0.3 is 0 Å². The van der Waals surface area contributed by atoms with Crippen molar-refractivity contribution in [3.05, 3.63) is 48.0 Å². The fourth-order valence-corrected chi connectivity index (χ4v) is 3.07. The Labute approximate surface area is 137 Å². The maximum atomic E-state index is 6.10. The van der Waals surface area contributed by atoms with Crippen LogP contribution in [0, 0.1) is 0 Å². The van der Waals surface area contributed by atoms with Crippen molar-refractivity contribution < 1.29 is 9.47 Å². The maximum absolute atomic E-state index is 6.10. The van der Waals surface area contributed by atoms with Crippen LogP contribution in [0.4, 0.5) is 11.4 Å². The Balaban J connectivity index is 1.63. The molecule has 2 N–H and O–H groups in total. The highest BCUT2D eigenvalue weighted by Crippen LogP contribution is 2.31. The van der Waals surface area contributed by atoms with Gasteiger partial charge in [-0.25, -0.2) is 0 Å². The second-order valence-electron chi connectivity index (χ2n) is 5.66. The summed E-state index contributed by atoms with van der Waals surface area (Å²) in [4.78, 5) is 2.36. The van der Waals surface area contributed by atoms with Gasteiger partial charge in [-0.3, -0.25) is 0 Å². The molecule has 2 aromatic rings. The third kappa shape index (κ3) is 3.52. The first-order valence-electron chi connectivity index (χ1n) is 8.26. The van der Waals surface area contributed by atoms with Gasteiger partial charge in [0.25, 0.3) is 0 Å². The van der Waals surface area contributed by atoms with E-state index in [0.717, 1.165) is 43.1 Å². The monoisotopic (exact) mass is 312 g/mol. The van der Waals surface area contributed by atoms with E-state index in [-0.39, 0.29) is 0 Å². The molecule has 0 fully saturated rings. The predicted molar refractivity (Wildman–Crippen MR) is 94.5 cm³/mol. The number of anilines is 2. The molecule has 0 saturated carbocycles. The topological polar surface area (TPSA) is 47.7 Å². The summed E-state index contributed by atoms with van der Waals surface area (Å²) in [5.41, 5.74) is 9.52. The molecule has 0 aliphatic carbocycles. The number of nitrogens with zero attached hydrogens (tertiary/aromatic N) is 1. The smallest absolute Gasteiger partial charge is 0.161 e. The molecular formula is C19H24N2O2. The number of fused-ring (bicyclic) bond motifs is 1. The van der Waals surface area contributed by atoms with E-state index in [9.17, 15) is 0 Å². The van der Waals surface area contributed by atoms with Crippen LogP contribution in [-0.2, 0) is 6.42 Å². The van der Waals surface area contributed by atoms with Crippen LogP contribution >= 0.6 is 0 Å². The molecule has 122 valence electrons. The van der Waals surface area contributed by atoms with Crippen molar-refractivity contribution in [2.45, 2.75) is 19.8 Å². The third-order valence-electron chi connectivity index (χ3n) is 4.15.